The van der Waals surface area contributed by atoms with E-state index in [0.29, 0.717) is 18.2 Å². The van der Waals surface area contributed by atoms with Gasteiger partial charge in [0.1, 0.15) is 17.0 Å². The molecule has 242 valence electrons. The van der Waals surface area contributed by atoms with Crippen LogP contribution in [0.2, 0.25) is 0 Å². The summed E-state index contributed by atoms with van der Waals surface area (Å²) in [5.74, 6) is 0.988. The molecule has 0 aliphatic rings. The molecule has 0 amide bonds. The number of aliphatic imine (C=N–C) groups is 2. The van der Waals surface area contributed by atoms with Crippen molar-refractivity contribution in [3.05, 3.63) is 193 Å². The average Bonchev–Trinajstić information content (AvgIpc) is 3.58. The number of hydrogen-bond donors (Lipinski definition) is 1. The number of hydrogen-bond acceptors (Lipinski definition) is 2. The van der Waals surface area contributed by atoms with Crippen molar-refractivity contribution in [1.29, 1.82) is 0 Å². The summed E-state index contributed by atoms with van der Waals surface area (Å²) in [6.45, 7) is 0.401. The first kappa shape index (κ1) is 30.3. The number of amidine groups is 2. The second kappa shape index (κ2) is 12.9. The van der Waals surface area contributed by atoms with Crippen molar-refractivity contribution in [3.63, 3.8) is 0 Å². The van der Waals surface area contributed by atoms with Gasteiger partial charge in [0.25, 0.3) is 0 Å². The molecule has 0 spiro atoms. The largest absolute Gasteiger partial charge is 0.456 e. The second-order valence-corrected chi connectivity index (χ2v) is 12.8. The molecule has 0 radical (unpaired) electrons. The Hall–Kier alpha value is -6.78. The topological polar surface area (TPSA) is 63.9 Å². The summed E-state index contributed by atoms with van der Waals surface area (Å²) in [6.07, 6.45) is 0. The molecular formula is C47H33N3O. The molecule has 0 aliphatic carbocycles. The summed E-state index contributed by atoms with van der Waals surface area (Å²) >= 11 is 0. The highest BCUT2D eigenvalue weighted by Gasteiger charge is 2.14. The van der Waals surface area contributed by atoms with E-state index >= 15 is 0 Å². The highest BCUT2D eigenvalue weighted by Crippen LogP contribution is 2.35. The highest BCUT2D eigenvalue weighted by molar-refractivity contribution is 6.13. The van der Waals surface area contributed by atoms with Crippen molar-refractivity contribution in [3.8, 4) is 22.3 Å². The number of fused-ring (bicyclic) bond motifs is 5. The van der Waals surface area contributed by atoms with Crippen LogP contribution in [-0.2, 0) is 6.54 Å². The van der Waals surface area contributed by atoms with Gasteiger partial charge in [0, 0.05) is 21.9 Å². The first-order valence-corrected chi connectivity index (χ1v) is 17.1. The number of nitrogens with zero attached hydrogens (tertiary/aromatic N) is 2. The number of furan rings is 1. The van der Waals surface area contributed by atoms with Crippen molar-refractivity contribution < 1.29 is 4.42 Å². The molecule has 1 heterocycles. The molecule has 2 N–H and O–H groups in total. The predicted molar refractivity (Wildman–Crippen MR) is 213 cm³/mol. The van der Waals surface area contributed by atoms with E-state index in [4.69, 9.17) is 20.1 Å². The first-order valence-electron chi connectivity index (χ1n) is 17.1. The lowest BCUT2D eigenvalue weighted by molar-refractivity contribution is 0.669. The minimum Gasteiger partial charge on any atom is -0.456 e. The van der Waals surface area contributed by atoms with Crippen LogP contribution in [0.25, 0.3) is 65.7 Å². The molecule has 4 nitrogen and oxygen atoms in total. The van der Waals surface area contributed by atoms with Gasteiger partial charge in [-0.05, 0) is 85.8 Å². The fourth-order valence-electron chi connectivity index (χ4n) is 6.92. The Morgan fingerprint density at radius 1 is 0.471 bits per heavy atom. The fourth-order valence-corrected chi connectivity index (χ4v) is 6.92. The molecule has 8 aromatic carbocycles. The standard InChI is InChI=1S/C47H33N3O/c48-46(38-22-19-33-14-7-8-15-35(33)26-38)50-47(39-23-20-34-18-21-36(27-41(34)28-39)31-10-3-1-4-11-31)49-30-40-16-9-17-43-45(40)42-25-24-37(29-44(42)51-43)32-12-5-2-6-13-32/h1-29H,30H2,(H2,48,49,50). The van der Waals surface area contributed by atoms with Crippen LogP contribution in [0.4, 0.5) is 0 Å². The summed E-state index contributed by atoms with van der Waals surface area (Å²) in [7, 11) is 0. The molecule has 0 atom stereocenters. The van der Waals surface area contributed by atoms with E-state index in [1.165, 1.54) is 5.56 Å². The van der Waals surface area contributed by atoms with Crippen LogP contribution in [0, 0.1) is 0 Å². The van der Waals surface area contributed by atoms with Gasteiger partial charge in [0.2, 0.25) is 0 Å². The zero-order chi connectivity index (χ0) is 34.1. The highest BCUT2D eigenvalue weighted by atomic mass is 16.3. The summed E-state index contributed by atoms with van der Waals surface area (Å²) in [4.78, 5) is 10.2. The zero-order valence-electron chi connectivity index (χ0n) is 27.8. The Kier molecular flexibility index (Phi) is 7.67. The minimum atomic E-state index is 0.401. The van der Waals surface area contributed by atoms with Gasteiger partial charge in [0.05, 0.1) is 6.54 Å². The molecule has 0 fully saturated rings. The quantitative estimate of drug-likeness (QED) is 0.143. The first-order chi connectivity index (χ1) is 25.2. The molecule has 9 aromatic rings. The van der Waals surface area contributed by atoms with Crippen LogP contribution in [-0.4, -0.2) is 11.7 Å². The summed E-state index contributed by atoms with van der Waals surface area (Å²) in [6, 6.07) is 60.8. The maximum absolute atomic E-state index is 6.77. The van der Waals surface area contributed by atoms with Crippen LogP contribution in [0.3, 0.4) is 0 Å². The van der Waals surface area contributed by atoms with E-state index in [1.807, 2.05) is 42.5 Å². The van der Waals surface area contributed by atoms with Crippen molar-refractivity contribution in [2.45, 2.75) is 6.54 Å². The van der Waals surface area contributed by atoms with Gasteiger partial charge in [-0.1, -0.05) is 140 Å². The molecule has 0 bridgehead atoms. The SMILES string of the molecule is N/C(=N\C(=N/Cc1cccc2oc3cc(-c4ccccc4)ccc3c12)c1ccc2ccc(-c3ccccc3)cc2c1)c1ccc2ccccc2c1. The Morgan fingerprint density at radius 2 is 1.10 bits per heavy atom. The Balaban J connectivity index is 1.15. The van der Waals surface area contributed by atoms with Gasteiger partial charge in [-0.2, -0.15) is 0 Å². The maximum Gasteiger partial charge on any atom is 0.157 e. The van der Waals surface area contributed by atoms with Crippen LogP contribution < -0.4 is 5.73 Å². The monoisotopic (exact) mass is 655 g/mol. The molecule has 0 saturated carbocycles. The third-order valence-corrected chi connectivity index (χ3v) is 9.57. The van der Waals surface area contributed by atoms with Gasteiger partial charge in [-0.15, -0.1) is 0 Å². The lowest BCUT2D eigenvalue weighted by atomic mass is 9.99. The number of rotatable bonds is 6. The molecular weight excluding hydrogens is 623 g/mol. The Labute approximate surface area is 295 Å². The summed E-state index contributed by atoms with van der Waals surface area (Å²) < 4.78 is 6.40. The fraction of sp³-hybridized carbons (Fsp3) is 0.0213. The van der Waals surface area contributed by atoms with Gasteiger partial charge >= 0.3 is 0 Å². The Bertz CT molecular complexity index is 2780. The van der Waals surface area contributed by atoms with E-state index in [9.17, 15) is 0 Å². The van der Waals surface area contributed by atoms with Crippen LogP contribution >= 0.6 is 0 Å². The molecule has 1 aromatic heterocycles. The lowest BCUT2D eigenvalue weighted by Gasteiger charge is -2.09. The van der Waals surface area contributed by atoms with Crippen LogP contribution in [0.5, 0.6) is 0 Å². The zero-order valence-corrected chi connectivity index (χ0v) is 27.8. The smallest absolute Gasteiger partial charge is 0.157 e. The Morgan fingerprint density at radius 3 is 1.88 bits per heavy atom. The average molecular weight is 656 g/mol. The molecule has 0 unspecified atom stereocenters. The minimum absolute atomic E-state index is 0.401. The van der Waals surface area contributed by atoms with Gasteiger partial charge in [-0.25, -0.2) is 4.99 Å². The van der Waals surface area contributed by atoms with Gasteiger partial charge in [-0.3, -0.25) is 4.99 Å². The van der Waals surface area contributed by atoms with E-state index in [-0.39, 0.29) is 0 Å². The van der Waals surface area contributed by atoms with E-state index in [2.05, 4.69) is 133 Å². The number of nitrogens with two attached hydrogens (primary N) is 1. The maximum atomic E-state index is 6.77. The lowest BCUT2D eigenvalue weighted by Crippen LogP contribution is -2.16. The normalized spacial score (nSPS) is 12.3. The van der Waals surface area contributed by atoms with E-state index in [0.717, 1.165) is 76.9 Å². The second-order valence-electron chi connectivity index (χ2n) is 12.8. The van der Waals surface area contributed by atoms with E-state index < -0.39 is 0 Å². The third kappa shape index (κ3) is 5.94. The summed E-state index contributed by atoms with van der Waals surface area (Å²) in [5, 5.41) is 6.65. The molecule has 51 heavy (non-hydrogen) atoms. The molecule has 9 rings (SSSR count). The molecule has 4 heteroatoms. The summed E-state index contributed by atoms with van der Waals surface area (Å²) in [5.41, 5.74) is 15.9. The van der Waals surface area contributed by atoms with Crippen molar-refractivity contribution in [2.75, 3.05) is 0 Å². The van der Waals surface area contributed by atoms with Gasteiger partial charge in [0.15, 0.2) is 5.84 Å². The van der Waals surface area contributed by atoms with Crippen molar-refractivity contribution >= 4 is 55.2 Å². The number of benzene rings is 8. The van der Waals surface area contributed by atoms with Crippen molar-refractivity contribution in [1.82, 2.24) is 0 Å². The van der Waals surface area contributed by atoms with Crippen LogP contribution in [0.1, 0.15) is 16.7 Å². The van der Waals surface area contributed by atoms with Gasteiger partial charge < -0.3 is 10.2 Å². The predicted octanol–water partition coefficient (Wildman–Crippen LogP) is 11.6. The molecule has 0 saturated heterocycles. The third-order valence-electron chi connectivity index (χ3n) is 9.57. The van der Waals surface area contributed by atoms with Crippen molar-refractivity contribution in [2.24, 2.45) is 15.7 Å². The van der Waals surface area contributed by atoms with Crippen LogP contribution in [0.15, 0.2) is 190 Å². The molecule has 0 aliphatic heterocycles. The van der Waals surface area contributed by atoms with E-state index in [1.54, 1.807) is 0 Å².